The molecule has 12 heavy (non-hydrogen) atoms. The van der Waals surface area contributed by atoms with Crippen molar-refractivity contribution in [1.82, 2.24) is 5.32 Å². The van der Waals surface area contributed by atoms with Gasteiger partial charge in [0.1, 0.15) is 0 Å². The van der Waals surface area contributed by atoms with Crippen LogP contribution in [0.25, 0.3) is 0 Å². The van der Waals surface area contributed by atoms with E-state index in [1.807, 2.05) is 0 Å². The van der Waals surface area contributed by atoms with E-state index >= 15 is 0 Å². The number of aliphatic carboxylic acids is 1. The van der Waals surface area contributed by atoms with E-state index in [2.05, 4.69) is 5.32 Å². The fourth-order valence-electron chi connectivity index (χ4n) is 2.53. The van der Waals surface area contributed by atoms with E-state index in [-0.39, 0.29) is 5.92 Å². The van der Waals surface area contributed by atoms with Gasteiger partial charge in [-0.05, 0) is 38.1 Å². The van der Waals surface area contributed by atoms with Gasteiger partial charge in [-0.1, -0.05) is 0 Å². The van der Waals surface area contributed by atoms with Crippen LogP contribution in [0.5, 0.6) is 0 Å². The Hall–Kier alpha value is -0.570. The summed E-state index contributed by atoms with van der Waals surface area (Å²) in [6, 6.07) is 0.626. The van der Waals surface area contributed by atoms with E-state index in [4.69, 9.17) is 5.11 Å². The molecule has 2 rings (SSSR count). The van der Waals surface area contributed by atoms with Gasteiger partial charge in [-0.2, -0.15) is 0 Å². The lowest BCUT2D eigenvalue weighted by Gasteiger charge is -2.29. The standard InChI is InChI=1S/C9H15NO2/c11-9(12)7-1-2-8-6(5-7)3-4-10-8/h6-8,10H,1-5H2,(H,11,12)/t6-,7-,8+/m1/s1. The lowest BCUT2D eigenvalue weighted by Crippen LogP contribution is -2.35. The molecule has 0 amide bonds. The molecule has 3 atom stereocenters. The Bertz CT molecular complexity index is 193. The third-order valence-corrected chi connectivity index (χ3v) is 3.25. The fraction of sp³-hybridized carbons (Fsp3) is 0.889. The van der Waals surface area contributed by atoms with Gasteiger partial charge in [0.05, 0.1) is 5.92 Å². The van der Waals surface area contributed by atoms with Gasteiger partial charge in [-0.15, -0.1) is 0 Å². The minimum atomic E-state index is -0.597. The molecule has 1 aliphatic heterocycles. The van der Waals surface area contributed by atoms with Crippen LogP contribution in [-0.4, -0.2) is 23.7 Å². The van der Waals surface area contributed by atoms with Crippen molar-refractivity contribution >= 4 is 5.97 Å². The Morgan fingerprint density at radius 1 is 1.33 bits per heavy atom. The molecule has 3 nitrogen and oxygen atoms in total. The predicted octanol–water partition coefficient (Wildman–Crippen LogP) is 0.849. The average molecular weight is 169 g/mol. The fourth-order valence-corrected chi connectivity index (χ4v) is 2.53. The highest BCUT2D eigenvalue weighted by molar-refractivity contribution is 5.70. The number of carboxylic acid groups (broad SMARTS) is 1. The molecule has 1 heterocycles. The summed E-state index contributed by atoms with van der Waals surface area (Å²) in [7, 11) is 0. The zero-order valence-corrected chi connectivity index (χ0v) is 7.12. The number of nitrogens with one attached hydrogen (secondary N) is 1. The molecule has 1 saturated carbocycles. The molecule has 68 valence electrons. The molecule has 1 saturated heterocycles. The van der Waals surface area contributed by atoms with Gasteiger partial charge < -0.3 is 10.4 Å². The van der Waals surface area contributed by atoms with Crippen molar-refractivity contribution in [2.75, 3.05) is 6.54 Å². The molecule has 0 unspecified atom stereocenters. The molecule has 0 aromatic heterocycles. The summed E-state index contributed by atoms with van der Waals surface area (Å²) in [5.41, 5.74) is 0. The van der Waals surface area contributed by atoms with Crippen molar-refractivity contribution in [3.63, 3.8) is 0 Å². The summed E-state index contributed by atoms with van der Waals surface area (Å²) in [6.45, 7) is 1.08. The number of carbonyl (C=O) groups is 1. The topological polar surface area (TPSA) is 49.3 Å². The van der Waals surface area contributed by atoms with Gasteiger partial charge in [0.25, 0.3) is 0 Å². The highest BCUT2D eigenvalue weighted by atomic mass is 16.4. The van der Waals surface area contributed by atoms with E-state index < -0.39 is 5.97 Å². The van der Waals surface area contributed by atoms with Crippen LogP contribution < -0.4 is 5.32 Å². The van der Waals surface area contributed by atoms with Gasteiger partial charge in [0.15, 0.2) is 0 Å². The van der Waals surface area contributed by atoms with E-state index in [1.54, 1.807) is 0 Å². The van der Waals surface area contributed by atoms with Crippen molar-refractivity contribution in [2.45, 2.75) is 31.7 Å². The van der Waals surface area contributed by atoms with Gasteiger partial charge in [0, 0.05) is 6.04 Å². The van der Waals surface area contributed by atoms with E-state index in [9.17, 15) is 4.79 Å². The van der Waals surface area contributed by atoms with Gasteiger partial charge in [0.2, 0.25) is 0 Å². The first-order valence-corrected chi connectivity index (χ1v) is 4.73. The van der Waals surface area contributed by atoms with E-state index in [0.29, 0.717) is 12.0 Å². The second-order valence-corrected chi connectivity index (χ2v) is 3.96. The highest BCUT2D eigenvalue weighted by Crippen LogP contribution is 2.34. The van der Waals surface area contributed by atoms with E-state index in [0.717, 1.165) is 25.8 Å². The van der Waals surface area contributed by atoms with Crippen molar-refractivity contribution in [3.05, 3.63) is 0 Å². The van der Waals surface area contributed by atoms with Crippen LogP contribution in [0.15, 0.2) is 0 Å². The molecule has 3 heteroatoms. The molecule has 2 aliphatic rings. The smallest absolute Gasteiger partial charge is 0.306 e. The number of hydrogen-bond acceptors (Lipinski definition) is 2. The molecule has 0 bridgehead atoms. The van der Waals surface area contributed by atoms with Crippen molar-refractivity contribution < 1.29 is 9.90 Å². The minimum absolute atomic E-state index is 0.0638. The summed E-state index contributed by atoms with van der Waals surface area (Å²) in [5.74, 6) is -0.0219. The van der Waals surface area contributed by atoms with Gasteiger partial charge >= 0.3 is 5.97 Å². The Morgan fingerprint density at radius 2 is 2.17 bits per heavy atom. The monoisotopic (exact) mass is 169 g/mol. The zero-order valence-electron chi connectivity index (χ0n) is 7.12. The number of carboxylic acids is 1. The molecular weight excluding hydrogens is 154 g/mol. The second-order valence-electron chi connectivity index (χ2n) is 3.96. The first-order chi connectivity index (χ1) is 5.77. The number of fused-ring (bicyclic) bond motifs is 1. The lowest BCUT2D eigenvalue weighted by molar-refractivity contribution is -0.143. The molecule has 1 aliphatic carbocycles. The maximum absolute atomic E-state index is 10.7. The van der Waals surface area contributed by atoms with Gasteiger partial charge in [-0.3, -0.25) is 4.79 Å². The minimum Gasteiger partial charge on any atom is -0.481 e. The van der Waals surface area contributed by atoms with Crippen LogP contribution in [0, 0.1) is 11.8 Å². The lowest BCUT2D eigenvalue weighted by atomic mass is 9.79. The molecule has 0 radical (unpaired) electrons. The molecule has 0 spiro atoms. The largest absolute Gasteiger partial charge is 0.481 e. The van der Waals surface area contributed by atoms with Crippen molar-refractivity contribution in [3.8, 4) is 0 Å². The zero-order chi connectivity index (χ0) is 8.55. The molecule has 2 N–H and O–H groups in total. The molecular formula is C9H15NO2. The van der Waals surface area contributed by atoms with Crippen LogP contribution in [0.3, 0.4) is 0 Å². The maximum atomic E-state index is 10.7. The number of hydrogen-bond donors (Lipinski definition) is 2. The Morgan fingerprint density at radius 3 is 2.92 bits per heavy atom. The van der Waals surface area contributed by atoms with Gasteiger partial charge in [-0.25, -0.2) is 0 Å². The summed E-state index contributed by atoms with van der Waals surface area (Å²) < 4.78 is 0. The third-order valence-electron chi connectivity index (χ3n) is 3.25. The van der Waals surface area contributed by atoms with Crippen LogP contribution in [0.2, 0.25) is 0 Å². The predicted molar refractivity (Wildman–Crippen MR) is 44.9 cm³/mol. The molecule has 0 aromatic rings. The highest BCUT2D eigenvalue weighted by Gasteiger charge is 2.35. The summed E-state index contributed by atoms with van der Waals surface area (Å²) in [5, 5.41) is 12.3. The quantitative estimate of drug-likeness (QED) is 0.611. The molecule has 0 aromatic carbocycles. The first-order valence-electron chi connectivity index (χ1n) is 4.73. The second kappa shape index (κ2) is 3.05. The van der Waals surface area contributed by atoms with Crippen LogP contribution in [-0.2, 0) is 4.79 Å². The summed E-state index contributed by atoms with van der Waals surface area (Å²) in [4.78, 5) is 10.7. The van der Waals surface area contributed by atoms with Crippen LogP contribution >= 0.6 is 0 Å². The molecule has 2 fully saturated rings. The maximum Gasteiger partial charge on any atom is 0.306 e. The Balaban J connectivity index is 1.96. The third kappa shape index (κ3) is 1.33. The Kier molecular flexibility index (Phi) is 2.05. The first kappa shape index (κ1) is 8.05. The van der Waals surface area contributed by atoms with Crippen LogP contribution in [0.1, 0.15) is 25.7 Å². The van der Waals surface area contributed by atoms with Crippen LogP contribution in [0.4, 0.5) is 0 Å². The van der Waals surface area contributed by atoms with E-state index in [1.165, 1.54) is 6.42 Å². The average Bonchev–Trinajstić information content (AvgIpc) is 2.49. The van der Waals surface area contributed by atoms with Crippen molar-refractivity contribution in [1.29, 1.82) is 0 Å². The SMILES string of the molecule is O=C(O)[C@@H]1CC[C@@H]2NCC[C@@H]2C1. The Labute approximate surface area is 72.2 Å². The normalized spacial score (nSPS) is 40.8. The number of rotatable bonds is 1. The van der Waals surface area contributed by atoms with Crippen molar-refractivity contribution in [2.24, 2.45) is 11.8 Å². The summed E-state index contributed by atoms with van der Waals surface area (Å²) >= 11 is 0. The summed E-state index contributed by atoms with van der Waals surface area (Å²) in [6.07, 6.45) is 3.99.